The van der Waals surface area contributed by atoms with Crippen molar-refractivity contribution >= 4 is 17.8 Å². The Labute approximate surface area is 393 Å². The normalized spacial score (nSPS) is 16.5. The molecule has 13 heteroatoms. The average Bonchev–Trinajstić information content (AvgIpc) is 4.20. The minimum absolute atomic E-state index is 0.0426. The van der Waals surface area contributed by atoms with Crippen LogP contribution in [-0.2, 0) is 20.7 Å². The number of ether oxygens (including phenoxy) is 1. The van der Waals surface area contributed by atoms with Crippen molar-refractivity contribution in [3.63, 3.8) is 0 Å². The van der Waals surface area contributed by atoms with Crippen LogP contribution in [0.5, 0.6) is 0 Å². The van der Waals surface area contributed by atoms with E-state index in [9.17, 15) is 14.4 Å². The van der Waals surface area contributed by atoms with Crippen LogP contribution in [0.2, 0.25) is 0 Å². The van der Waals surface area contributed by atoms with Crippen molar-refractivity contribution in [2.45, 2.75) is 63.5 Å². The molecule has 2 atom stereocenters. The molecule has 4 amide bonds. The zero-order valence-electron chi connectivity index (χ0n) is 38.2. The van der Waals surface area contributed by atoms with Crippen LogP contribution in [-0.4, -0.2) is 112 Å². The fraction of sp³-hybridized carbons (Fsp3) is 0.352. The molecule has 0 saturated carbocycles. The van der Waals surface area contributed by atoms with Gasteiger partial charge in [0.1, 0.15) is 17.7 Å². The van der Waals surface area contributed by atoms with E-state index in [1.54, 1.807) is 4.90 Å². The molecule has 0 aliphatic carbocycles. The van der Waals surface area contributed by atoms with Crippen molar-refractivity contribution in [1.82, 2.24) is 45.3 Å². The molecule has 0 spiro atoms. The molecule has 67 heavy (non-hydrogen) atoms. The van der Waals surface area contributed by atoms with Gasteiger partial charge in [-0.2, -0.15) is 0 Å². The second-order valence-electron chi connectivity index (χ2n) is 17.1. The number of amides is 4. The predicted molar refractivity (Wildman–Crippen MR) is 261 cm³/mol. The number of rotatable bonds is 13. The number of carbonyl (C=O) groups is 3. The molecule has 3 saturated heterocycles. The van der Waals surface area contributed by atoms with Gasteiger partial charge in [-0.3, -0.25) is 14.5 Å². The Morgan fingerprint density at radius 2 is 1.28 bits per heavy atom. The molecule has 2 aromatic heterocycles. The number of likely N-dealkylation sites (tertiary alicyclic amines) is 2. The van der Waals surface area contributed by atoms with Gasteiger partial charge in [-0.05, 0) is 92.6 Å². The zero-order valence-corrected chi connectivity index (χ0v) is 38.2. The van der Waals surface area contributed by atoms with Gasteiger partial charge in [-0.25, -0.2) is 14.8 Å². The van der Waals surface area contributed by atoms with Gasteiger partial charge in [0.25, 0.3) is 0 Å². The number of nitrogens with one attached hydrogen (secondary N) is 4. The lowest BCUT2D eigenvalue weighted by atomic mass is 10.0. The number of piperidine rings is 1. The number of imidazole rings is 2. The van der Waals surface area contributed by atoms with E-state index in [-0.39, 0.29) is 36.5 Å². The fourth-order valence-corrected chi connectivity index (χ4v) is 8.83. The lowest BCUT2D eigenvalue weighted by Crippen LogP contribution is -2.49. The third kappa shape index (κ3) is 13.1. The topological polar surface area (TPSA) is 152 Å². The quantitative estimate of drug-likeness (QED) is 0.0680. The van der Waals surface area contributed by atoms with E-state index in [0.717, 1.165) is 109 Å². The average molecular weight is 900 g/mol. The maximum Gasteiger partial charge on any atom is 0.317 e. The van der Waals surface area contributed by atoms with Gasteiger partial charge in [0.2, 0.25) is 11.8 Å². The number of hydrogen-bond acceptors (Lipinski definition) is 7. The molecule has 3 fully saturated rings. The summed E-state index contributed by atoms with van der Waals surface area (Å²) in [4.78, 5) is 60.9. The second-order valence-corrected chi connectivity index (χ2v) is 17.1. The molecule has 0 radical (unpaired) electrons. The van der Waals surface area contributed by atoms with Gasteiger partial charge in [0.15, 0.2) is 0 Å². The maximum absolute atomic E-state index is 13.3. The fourth-order valence-electron chi connectivity index (χ4n) is 8.83. The Kier molecular flexibility index (Phi) is 16.6. The SMILES string of the molecule is O=C(NCCCCc1ncc(-c2ccc(C#Cc3ccc(-c4cnc(C5CCCN5C(=O)CNC(=O)N5CCOCC5)[nH]4)cc3)cc2)[nH]1)C(c1ccccc1)N1CCCCC1.c1ccccc1. The minimum atomic E-state index is -0.234. The molecule has 13 nitrogen and oxygen atoms in total. The Morgan fingerprint density at radius 1 is 0.672 bits per heavy atom. The highest BCUT2D eigenvalue weighted by Gasteiger charge is 2.33. The molecule has 4 N–H and O–H groups in total. The van der Waals surface area contributed by atoms with Crippen LogP contribution in [0.3, 0.4) is 0 Å². The van der Waals surface area contributed by atoms with E-state index in [0.29, 0.717) is 39.4 Å². The standard InChI is InChI=1S/C48H55N9O4.C6H6/c58-44(34-52-48(60)56-28-30-61-31-29-56)57-27-9-12-42(57)46-51-33-41(54-46)38-22-18-36(19-23-38)15-14-35-16-20-37(21-17-35)40-32-50-43(53-40)13-5-6-24-49-47(59)45(39-10-3-1-4-11-39)55-25-7-2-8-26-55;1-2-4-6-5-3-1/h1,3-4,10-11,16-23,32-33,42,45H,2,5-9,12-13,24-31,34H2,(H,49,59)(H,50,53)(H,51,54)(H,52,60);1-6H. The molecule has 6 aromatic rings. The number of benzene rings is 4. The van der Waals surface area contributed by atoms with Crippen LogP contribution in [0.4, 0.5) is 4.79 Å². The molecule has 5 heterocycles. The number of H-pyrrole nitrogens is 2. The first-order chi connectivity index (χ1) is 33.0. The molecule has 3 aliphatic heterocycles. The zero-order chi connectivity index (χ0) is 46.0. The molecule has 9 rings (SSSR count). The predicted octanol–water partition coefficient (Wildman–Crippen LogP) is 7.92. The van der Waals surface area contributed by atoms with Crippen molar-refractivity contribution in [3.05, 3.63) is 156 Å². The molecular weight excluding hydrogens is 839 g/mol. The summed E-state index contributed by atoms with van der Waals surface area (Å²) in [7, 11) is 0. The van der Waals surface area contributed by atoms with E-state index in [4.69, 9.17) is 4.74 Å². The van der Waals surface area contributed by atoms with E-state index < -0.39 is 0 Å². The second kappa shape index (κ2) is 24.0. The first kappa shape index (κ1) is 46.5. The lowest BCUT2D eigenvalue weighted by molar-refractivity contribution is -0.131. The number of carbonyl (C=O) groups excluding carboxylic acids is 3. The summed E-state index contributed by atoms with van der Waals surface area (Å²) in [5.74, 6) is 8.22. The van der Waals surface area contributed by atoms with E-state index in [1.807, 2.05) is 108 Å². The number of unbranched alkanes of at least 4 members (excludes halogenated alkanes) is 1. The highest BCUT2D eigenvalue weighted by atomic mass is 16.5. The summed E-state index contributed by atoms with van der Waals surface area (Å²) in [5, 5.41) is 5.98. The molecule has 4 aromatic carbocycles. The van der Waals surface area contributed by atoms with Crippen LogP contribution in [0, 0.1) is 11.8 Å². The van der Waals surface area contributed by atoms with Gasteiger partial charge < -0.3 is 35.1 Å². The molecule has 2 unspecified atom stereocenters. The summed E-state index contributed by atoms with van der Waals surface area (Å²) in [5.41, 5.74) is 6.74. The highest BCUT2D eigenvalue weighted by molar-refractivity contribution is 5.85. The van der Waals surface area contributed by atoms with E-state index in [1.165, 1.54) is 6.42 Å². The van der Waals surface area contributed by atoms with Gasteiger partial charge >= 0.3 is 6.03 Å². The third-order valence-electron chi connectivity index (χ3n) is 12.5. The Hall–Kier alpha value is -7.01. The van der Waals surface area contributed by atoms with Crippen LogP contribution in [0.1, 0.15) is 85.4 Å². The third-order valence-corrected chi connectivity index (χ3v) is 12.5. The van der Waals surface area contributed by atoms with Crippen LogP contribution < -0.4 is 10.6 Å². The van der Waals surface area contributed by atoms with Crippen molar-refractivity contribution in [2.75, 3.05) is 59.0 Å². The summed E-state index contributed by atoms with van der Waals surface area (Å²) in [6, 6.07) is 37.7. The first-order valence-corrected chi connectivity index (χ1v) is 23.8. The number of nitrogens with zero attached hydrogens (tertiary/aromatic N) is 5. The van der Waals surface area contributed by atoms with Gasteiger partial charge in [0, 0.05) is 43.7 Å². The molecule has 346 valence electrons. The molecule has 3 aliphatic rings. The van der Waals surface area contributed by atoms with Crippen molar-refractivity contribution < 1.29 is 19.1 Å². The Balaban J connectivity index is 0.000000940. The summed E-state index contributed by atoms with van der Waals surface area (Å²) < 4.78 is 5.31. The van der Waals surface area contributed by atoms with E-state index >= 15 is 0 Å². The van der Waals surface area contributed by atoms with Crippen LogP contribution in [0.15, 0.2) is 128 Å². The summed E-state index contributed by atoms with van der Waals surface area (Å²) in [6.45, 7) is 5.25. The smallest absolute Gasteiger partial charge is 0.317 e. The summed E-state index contributed by atoms with van der Waals surface area (Å²) >= 11 is 0. The minimum Gasteiger partial charge on any atom is -0.378 e. The molecule has 0 bridgehead atoms. The van der Waals surface area contributed by atoms with E-state index in [2.05, 4.69) is 71.6 Å². The number of hydrogen-bond donors (Lipinski definition) is 4. The number of aromatic amines is 2. The number of aromatic nitrogens is 4. The van der Waals surface area contributed by atoms with Gasteiger partial charge in [-0.15, -0.1) is 0 Å². The van der Waals surface area contributed by atoms with Crippen molar-refractivity contribution in [1.29, 1.82) is 0 Å². The first-order valence-electron chi connectivity index (χ1n) is 23.8. The lowest BCUT2D eigenvalue weighted by Gasteiger charge is -2.34. The van der Waals surface area contributed by atoms with Crippen molar-refractivity contribution in [3.8, 4) is 34.4 Å². The van der Waals surface area contributed by atoms with Crippen molar-refractivity contribution in [2.24, 2.45) is 0 Å². The maximum atomic E-state index is 13.3. The van der Waals surface area contributed by atoms with Gasteiger partial charge in [0.05, 0.1) is 49.6 Å². The number of aryl methyl sites for hydroxylation is 1. The summed E-state index contributed by atoms with van der Waals surface area (Å²) in [6.07, 6.45) is 11.5. The largest absolute Gasteiger partial charge is 0.378 e. The van der Waals surface area contributed by atoms with Crippen LogP contribution in [0.25, 0.3) is 22.5 Å². The molecular formula is C54H61N9O4. The number of morpholine rings is 1. The monoisotopic (exact) mass is 899 g/mol. The highest BCUT2D eigenvalue weighted by Crippen LogP contribution is 2.32. The Bertz CT molecular complexity index is 2510. The number of urea groups is 1. The van der Waals surface area contributed by atoms with Gasteiger partial charge in [-0.1, -0.05) is 109 Å². The van der Waals surface area contributed by atoms with Crippen LogP contribution >= 0.6 is 0 Å². The Morgan fingerprint density at radius 3 is 1.94 bits per heavy atom.